The zero-order valence-electron chi connectivity index (χ0n) is 10.5. The molecule has 15 heavy (non-hydrogen) atoms. The van der Waals surface area contributed by atoms with Gasteiger partial charge in [0.1, 0.15) is 6.54 Å². The van der Waals surface area contributed by atoms with Gasteiger partial charge in [-0.1, -0.05) is 0 Å². The first-order valence-corrected chi connectivity index (χ1v) is 6.26. The Balaban J connectivity index is 2.49. The number of hydrogen-bond donors (Lipinski definition) is 0. The van der Waals surface area contributed by atoms with Gasteiger partial charge < -0.3 is 14.0 Å². The SMILES string of the molecule is CCOC(C[N+]1(CC)CCCCC1)OC. The van der Waals surface area contributed by atoms with Gasteiger partial charge in [-0.15, -0.1) is 0 Å². The predicted molar refractivity (Wildman–Crippen MR) is 61.7 cm³/mol. The molecule has 0 aromatic heterocycles. The van der Waals surface area contributed by atoms with E-state index in [1.54, 1.807) is 7.11 Å². The van der Waals surface area contributed by atoms with Crippen LogP contribution < -0.4 is 0 Å². The number of piperidine rings is 1. The zero-order valence-corrected chi connectivity index (χ0v) is 10.5. The Hall–Kier alpha value is -0.120. The molecule has 1 rings (SSSR count). The van der Waals surface area contributed by atoms with Crippen LogP contribution in [0.4, 0.5) is 0 Å². The van der Waals surface area contributed by atoms with Crippen molar-refractivity contribution in [1.29, 1.82) is 0 Å². The van der Waals surface area contributed by atoms with Crippen LogP contribution in [0.3, 0.4) is 0 Å². The number of hydrogen-bond acceptors (Lipinski definition) is 2. The smallest absolute Gasteiger partial charge is 0.207 e. The van der Waals surface area contributed by atoms with Crippen LogP contribution in [-0.4, -0.2) is 50.7 Å². The van der Waals surface area contributed by atoms with E-state index in [9.17, 15) is 0 Å². The lowest BCUT2D eigenvalue weighted by atomic mass is 10.1. The van der Waals surface area contributed by atoms with Crippen LogP contribution >= 0.6 is 0 Å². The maximum Gasteiger partial charge on any atom is 0.207 e. The Labute approximate surface area is 93.9 Å². The molecule has 1 heterocycles. The minimum atomic E-state index is -0.0203. The van der Waals surface area contributed by atoms with Crippen molar-refractivity contribution in [1.82, 2.24) is 0 Å². The Kier molecular flexibility index (Phi) is 5.58. The minimum Gasteiger partial charge on any atom is -0.351 e. The Bertz CT molecular complexity index is 167. The van der Waals surface area contributed by atoms with Crippen molar-refractivity contribution in [2.24, 2.45) is 0 Å². The van der Waals surface area contributed by atoms with Gasteiger partial charge in [0.15, 0.2) is 0 Å². The largest absolute Gasteiger partial charge is 0.351 e. The molecule has 1 saturated heterocycles. The molecule has 0 aromatic rings. The number of quaternary nitrogens is 1. The van der Waals surface area contributed by atoms with Gasteiger partial charge in [-0.25, -0.2) is 0 Å². The van der Waals surface area contributed by atoms with Gasteiger partial charge in [0.05, 0.1) is 19.6 Å². The van der Waals surface area contributed by atoms with Crippen molar-refractivity contribution < 1.29 is 14.0 Å². The number of rotatable bonds is 6. The summed E-state index contributed by atoms with van der Waals surface area (Å²) in [4.78, 5) is 0. The summed E-state index contributed by atoms with van der Waals surface area (Å²) >= 11 is 0. The van der Waals surface area contributed by atoms with Crippen LogP contribution in [0.2, 0.25) is 0 Å². The fourth-order valence-electron chi connectivity index (χ4n) is 2.51. The van der Waals surface area contributed by atoms with Crippen molar-refractivity contribution >= 4 is 0 Å². The molecule has 0 aromatic carbocycles. The van der Waals surface area contributed by atoms with Gasteiger partial charge in [0, 0.05) is 13.7 Å². The molecule has 0 amide bonds. The molecule has 3 nitrogen and oxygen atoms in total. The monoisotopic (exact) mass is 216 g/mol. The van der Waals surface area contributed by atoms with E-state index in [1.807, 2.05) is 6.92 Å². The summed E-state index contributed by atoms with van der Waals surface area (Å²) in [5.74, 6) is 0. The summed E-state index contributed by atoms with van der Waals surface area (Å²) in [6.07, 6.45) is 4.09. The molecule has 90 valence electrons. The summed E-state index contributed by atoms with van der Waals surface area (Å²) in [6, 6.07) is 0. The van der Waals surface area contributed by atoms with E-state index in [0.29, 0.717) is 0 Å². The van der Waals surface area contributed by atoms with Crippen LogP contribution in [0.25, 0.3) is 0 Å². The number of likely N-dealkylation sites (N-methyl/N-ethyl adjacent to an activating group) is 1. The summed E-state index contributed by atoms with van der Waals surface area (Å²) < 4.78 is 12.1. The van der Waals surface area contributed by atoms with E-state index in [2.05, 4.69) is 6.92 Å². The highest BCUT2D eigenvalue weighted by Crippen LogP contribution is 2.20. The van der Waals surface area contributed by atoms with Crippen molar-refractivity contribution in [2.45, 2.75) is 39.4 Å². The molecule has 0 bridgehead atoms. The van der Waals surface area contributed by atoms with E-state index in [0.717, 1.165) is 13.2 Å². The molecule has 0 N–H and O–H groups in total. The molecule has 1 unspecified atom stereocenters. The Morgan fingerprint density at radius 1 is 1.13 bits per heavy atom. The molecule has 0 saturated carbocycles. The summed E-state index contributed by atoms with van der Waals surface area (Å²) in [6.45, 7) is 9.85. The lowest BCUT2D eigenvalue weighted by Gasteiger charge is -2.42. The second-order valence-corrected chi connectivity index (χ2v) is 4.47. The first kappa shape index (κ1) is 12.9. The second kappa shape index (κ2) is 6.46. The van der Waals surface area contributed by atoms with Crippen molar-refractivity contribution in [2.75, 3.05) is 39.9 Å². The van der Waals surface area contributed by atoms with Gasteiger partial charge in [-0.3, -0.25) is 0 Å². The zero-order chi connectivity index (χ0) is 11.1. The van der Waals surface area contributed by atoms with Crippen LogP contribution in [0.1, 0.15) is 33.1 Å². The van der Waals surface area contributed by atoms with Crippen LogP contribution in [0.15, 0.2) is 0 Å². The normalized spacial score (nSPS) is 22.6. The van der Waals surface area contributed by atoms with Crippen molar-refractivity contribution in [3.8, 4) is 0 Å². The Morgan fingerprint density at radius 3 is 2.27 bits per heavy atom. The molecular weight excluding hydrogens is 190 g/mol. The standard InChI is InChI=1S/C12H26NO2/c1-4-13(9-7-6-8-10-13)11-12(14-3)15-5-2/h12H,4-11H2,1-3H3/q+1. The molecule has 1 atom stereocenters. The van der Waals surface area contributed by atoms with Crippen LogP contribution in [0, 0.1) is 0 Å². The highest BCUT2D eigenvalue weighted by molar-refractivity contribution is 4.55. The van der Waals surface area contributed by atoms with Crippen LogP contribution in [-0.2, 0) is 9.47 Å². The van der Waals surface area contributed by atoms with Gasteiger partial charge >= 0.3 is 0 Å². The molecule has 0 radical (unpaired) electrons. The third-order valence-electron chi connectivity index (χ3n) is 3.59. The highest BCUT2D eigenvalue weighted by Gasteiger charge is 2.31. The maximum atomic E-state index is 5.58. The maximum absolute atomic E-state index is 5.58. The fourth-order valence-corrected chi connectivity index (χ4v) is 2.51. The molecule has 1 aliphatic rings. The average molecular weight is 216 g/mol. The van der Waals surface area contributed by atoms with E-state index < -0.39 is 0 Å². The lowest BCUT2D eigenvalue weighted by Crippen LogP contribution is -2.55. The summed E-state index contributed by atoms with van der Waals surface area (Å²) in [5.41, 5.74) is 0. The molecular formula is C12H26NO2+. The predicted octanol–water partition coefficient (Wildman–Crippen LogP) is 2.02. The number of methoxy groups -OCH3 is 1. The van der Waals surface area contributed by atoms with Crippen LogP contribution in [0.5, 0.6) is 0 Å². The second-order valence-electron chi connectivity index (χ2n) is 4.47. The highest BCUT2D eigenvalue weighted by atomic mass is 16.7. The fraction of sp³-hybridized carbons (Fsp3) is 1.00. The summed E-state index contributed by atoms with van der Waals surface area (Å²) in [5, 5.41) is 0. The third-order valence-corrected chi connectivity index (χ3v) is 3.59. The number of nitrogens with zero attached hydrogens (tertiary/aromatic N) is 1. The number of likely N-dealkylation sites (tertiary alicyclic amines) is 1. The third kappa shape index (κ3) is 3.74. The molecule has 1 aliphatic heterocycles. The van der Waals surface area contributed by atoms with Gasteiger partial charge in [-0.2, -0.15) is 0 Å². The topological polar surface area (TPSA) is 18.5 Å². The summed E-state index contributed by atoms with van der Waals surface area (Å²) in [7, 11) is 1.75. The van der Waals surface area contributed by atoms with Crippen molar-refractivity contribution in [3.05, 3.63) is 0 Å². The van der Waals surface area contributed by atoms with E-state index >= 15 is 0 Å². The quantitative estimate of drug-likeness (QED) is 0.499. The van der Waals surface area contributed by atoms with E-state index in [4.69, 9.17) is 9.47 Å². The molecule has 3 heteroatoms. The van der Waals surface area contributed by atoms with Gasteiger partial charge in [0.2, 0.25) is 6.29 Å². The Morgan fingerprint density at radius 2 is 1.80 bits per heavy atom. The van der Waals surface area contributed by atoms with Gasteiger partial charge in [-0.05, 0) is 33.1 Å². The van der Waals surface area contributed by atoms with Crippen molar-refractivity contribution in [3.63, 3.8) is 0 Å². The molecule has 0 aliphatic carbocycles. The molecule has 0 spiro atoms. The lowest BCUT2D eigenvalue weighted by molar-refractivity contribution is -0.936. The van der Waals surface area contributed by atoms with Gasteiger partial charge in [0.25, 0.3) is 0 Å². The van der Waals surface area contributed by atoms with E-state index in [1.165, 1.54) is 43.4 Å². The average Bonchev–Trinajstić information content (AvgIpc) is 2.30. The minimum absolute atomic E-state index is 0.0203. The molecule has 1 fully saturated rings. The number of ether oxygens (including phenoxy) is 2. The van der Waals surface area contributed by atoms with E-state index in [-0.39, 0.29) is 6.29 Å². The first-order chi connectivity index (χ1) is 7.26. The first-order valence-electron chi connectivity index (χ1n) is 6.26.